The van der Waals surface area contributed by atoms with Gasteiger partial charge in [-0.2, -0.15) is 13.2 Å². The SMILES string of the molecule is Cc1c(C)c2c(c(C)c1O)CC[C@@](C)(CCCCCCCCC(F)(F)F)O2. The van der Waals surface area contributed by atoms with E-state index in [1.165, 1.54) is 0 Å². The summed E-state index contributed by atoms with van der Waals surface area (Å²) < 4.78 is 42.7. The Labute approximate surface area is 161 Å². The molecule has 0 aromatic heterocycles. The number of phenolic OH excluding ortho intramolecular Hbond substituents is 1. The number of hydrogen-bond acceptors (Lipinski definition) is 2. The number of rotatable bonds is 8. The van der Waals surface area contributed by atoms with E-state index in [0.29, 0.717) is 12.2 Å². The Bertz CT molecular complexity index is 652. The van der Waals surface area contributed by atoms with Crippen LogP contribution < -0.4 is 4.74 Å². The van der Waals surface area contributed by atoms with Crippen LogP contribution in [0, 0.1) is 20.8 Å². The molecular weight excluding hydrogens is 353 g/mol. The van der Waals surface area contributed by atoms with Crippen LogP contribution >= 0.6 is 0 Å². The molecule has 0 spiro atoms. The highest BCUT2D eigenvalue weighted by Crippen LogP contribution is 2.44. The van der Waals surface area contributed by atoms with Crippen molar-refractivity contribution < 1.29 is 23.0 Å². The van der Waals surface area contributed by atoms with Crippen molar-refractivity contribution in [1.29, 1.82) is 0 Å². The normalized spacial score (nSPS) is 19.7. The molecule has 0 fully saturated rings. The fraction of sp³-hybridized carbons (Fsp3) is 0.727. The summed E-state index contributed by atoms with van der Waals surface area (Å²) >= 11 is 0. The lowest BCUT2D eigenvalue weighted by Gasteiger charge is -2.38. The van der Waals surface area contributed by atoms with E-state index in [1.807, 2.05) is 20.8 Å². The van der Waals surface area contributed by atoms with Gasteiger partial charge >= 0.3 is 6.18 Å². The van der Waals surface area contributed by atoms with E-state index in [1.54, 1.807) is 0 Å². The largest absolute Gasteiger partial charge is 0.507 e. The molecule has 1 aromatic rings. The first-order valence-electron chi connectivity index (χ1n) is 10.1. The van der Waals surface area contributed by atoms with Crippen molar-refractivity contribution in [1.82, 2.24) is 0 Å². The molecule has 1 N–H and O–H groups in total. The predicted molar refractivity (Wildman–Crippen MR) is 103 cm³/mol. The summed E-state index contributed by atoms with van der Waals surface area (Å²) in [5.74, 6) is 1.31. The smallest absolute Gasteiger partial charge is 0.389 e. The Morgan fingerprint density at radius 1 is 0.926 bits per heavy atom. The minimum absolute atomic E-state index is 0.204. The molecule has 0 unspecified atom stereocenters. The van der Waals surface area contributed by atoms with Gasteiger partial charge < -0.3 is 9.84 Å². The highest BCUT2D eigenvalue weighted by Gasteiger charge is 2.34. The molecule has 0 amide bonds. The van der Waals surface area contributed by atoms with Crippen LogP contribution in [-0.4, -0.2) is 16.9 Å². The van der Waals surface area contributed by atoms with Crippen molar-refractivity contribution in [2.45, 2.75) is 104 Å². The summed E-state index contributed by atoms with van der Waals surface area (Å²) in [4.78, 5) is 0. The molecule has 2 nitrogen and oxygen atoms in total. The summed E-state index contributed by atoms with van der Waals surface area (Å²) in [5.41, 5.74) is 3.74. The molecule has 0 saturated heterocycles. The van der Waals surface area contributed by atoms with Crippen LogP contribution in [0.4, 0.5) is 13.2 Å². The number of ether oxygens (including phenoxy) is 1. The Morgan fingerprint density at radius 2 is 1.52 bits per heavy atom. The van der Waals surface area contributed by atoms with Gasteiger partial charge in [0.05, 0.1) is 0 Å². The number of aromatic hydroxyl groups is 1. The fourth-order valence-electron chi connectivity index (χ4n) is 4.00. The van der Waals surface area contributed by atoms with Crippen LogP contribution in [0.3, 0.4) is 0 Å². The minimum Gasteiger partial charge on any atom is -0.507 e. The third kappa shape index (κ3) is 5.79. The Morgan fingerprint density at radius 3 is 2.15 bits per heavy atom. The van der Waals surface area contributed by atoms with Gasteiger partial charge in [-0.25, -0.2) is 0 Å². The van der Waals surface area contributed by atoms with Crippen LogP contribution in [0.15, 0.2) is 0 Å². The number of benzene rings is 1. The zero-order valence-electron chi connectivity index (χ0n) is 17.1. The number of halogens is 3. The van der Waals surface area contributed by atoms with E-state index in [9.17, 15) is 18.3 Å². The number of unbranched alkanes of at least 4 members (excludes halogenated alkanes) is 5. The van der Waals surface area contributed by atoms with E-state index in [4.69, 9.17) is 4.74 Å². The maximum atomic E-state index is 12.1. The van der Waals surface area contributed by atoms with Crippen LogP contribution in [0.25, 0.3) is 0 Å². The van der Waals surface area contributed by atoms with Crippen LogP contribution in [0.1, 0.15) is 87.0 Å². The molecule has 5 heteroatoms. The first kappa shape index (κ1) is 21.9. The zero-order valence-corrected chi connectivity index (χ0v) is 17.1. The van der Waals surface area contributed by atoms with Gasteiger partial charge in [0.15, 0.2) is 0 Å². The van der Waals surface area contributed by atoms with Gasteiger partial charge in [-0.1, -0.05) is 25.7 Å². The lowest BCUT2D eigenvalue weighted by Crippen LogP contribution is -2.37. The van der Waals surface area contributed by atoms with E-state index in [0.717, 1.165) is 72.9 Å². The standard InChI is InChI=1S/C22H33F3O2/c1-15-16(2)20-18(17(3)19(15)26)11-14-21(4,27-20)12-9-7-5-6-8-10-13-22(23,24)25/h26H,5-14H2,1-4H3/t21-/m1/s1. The van der Waals surface area contributed by atoms with Gasteiger partial charge in [-0.3, -0.25) is 0 Å². The highest BCUT2D eigenvalue weighted by molar-refractivity contribution is 5.58. The second-order valence-corrected chi connectivity index (χ2v) is 8.32. The number of hydrogen-bond donors (Lipinski definition) is 1. The van der Waals surface area contributed by atoms with Crippen molar-refractivity contribution in [2.75, 3.05) is 0 Å². The summed E-state index contributed by atoms with van der Waals surface area (Å²) in [6.45, 7) is 8.02. The molecule has 1 aliphatic heterocycles. The summed E-state index contributed by atoms with van der Waals surface area (Å²) in [7, 11) is 0. The first-order valence-corrected chi connectivity index (χ1v) is 10.1. The second kappa shape index (κ2) is 8.74. The molecule has 154 valence electrons. The zero-order chi connectivity index (χ0) is 20.2. The van der Waals surface area contributed by atoms with Crippen molar-refractivity contribution in [3.8, 4) is 11.5 Å². The van der Waals surface area contributed by atoms with Crippen molar-refractivity contribution in [3.63, 3.8) is 0 Å². The molecule has 0 bridgehead atoms. The van der Waals surface area contributed by atoms with Gasteiger partial charge in [-0.05, 0) is 76.5 Å². The van der Waals surface area contributed by atoms with Crippen molar-refractivity contribution >= 4 is 0 Å². The Kier molecular flexibility index (Phi) is 7.09. The van der Waals surface area contributed by atoms with Gasteiger partial charge in [0.1, 0.15) is 17.1 Å². The molecule has 1 atom stereocenters. The second-order valence-electron chi connectivity index (χ2n) is 8.32. The molecule has 0 saturated carbocycles. The summed E-state index contributed by atoms with van der Waals surface area (Å²) in [5, 5.41) is 10.3. The Balaban J connectivity index is 1.79. The van der Waals surface area contributed by atoms with Crippen molar-refractivity contribution in [3.05, 3.63) is 22.3 Å². The average Bonchev–Trinajstić information content (AvgIpc) is 2.59. The molecular formula is C22H33F3O2. The van der Waals surface area contributed by atoms with Gasteiger partial charge in [-0.15, -0.1) is 0 Å². The number of fused-ring (bicyclic) bond motifs is 1. The predicted octanol–water partition coefficient (Wildman–Crippen LogP) is 7.08. The topological polar surface area (TPSA) is 29.5 Å². The molecule has 1 aliphatic rings. The number of phenols is 1. The van der Waals surface area contributed by atoms with E-state index in [2.05, 4.69) is 6.92 Å². The molecule has 0 aliphatic carbocycles. The van der Waals surface area contributed by atoms with Gasteiger partial charge in [0, 0.05) is 12.0 Å². The van der Waals surface area contributed by atoms with Gasteiger partial charge in [0.2, 0.25) is 0 Å². The maximum absolute atomic E-state index is 12.1. The molecule has 2 rings (SSSR count). The van der Waals surface area contributed by atoms with Crippen LogP contribution in [-0.2, 0) is 6.42 Å². The Hall–Kier alpha value is -1.39. The minimum atomic E-state index is -4.02. The summed E-state index contributed by atoms with van der Waals surface area (Å²) in [6, 6.07) is 0. The van der Waals surface area contributed by atoms with E-state index < -0.39 is 12.6 Å². The quantitative estimate of drug-likeness (QED) is 0.484. The summed E-state index contributed by atoms with van der Waals surface area (Å²) in [6.07, 6.45) is 2.91. The van der Waals surface area contributed by atoms with Crippen LogP contribution in [0.5, 0.6) is 11.5 Å². The monoisotopic (exact) mass is 386 g/mol. The van der Waals surface area contributed by atoms with Crippen LogP contribution in [0.2, 0.25) is 0 Å². The van der Waals surface area contributed by atoms with E-state index in [-0.39, 0.29) is 12.0 Å². The lowest BCUT2D eigenvalue weighted by molar-refractivity contribution is -0.135. The average molecular weight is 386 g/mol. The molecule has 27 heavy (non-hydrogen) atoms. The van der Waals surface area contributed by atoms with Gasteiger partial charge in [0.25, 0.3) is 0 Å². The first-order chi connectivity index (χ1) is 12.5. The fourth-order valence-corrected chi connectivity index (χ4v) is 4.00. The molecule has 1 heterocycles. The number of alkyl halides is 3. The molecule has 0 radical (unpaired) electrons. The third-order valence-corrected chi connectivity index (χ3v) is 6.01. The van der Waals surface area contributed by atoms with Crippen molar-refractivity contribution in [2.24, 2.45) is 0 Å². The lowest BCUT2D eigenvalue weighted by atomic mass is 9.84. The molecule has 1 aromatic carbocycles. The highest BCUT2D eigenvalue weighted by atomic mass is 19.4. The third-order valence-electron chi connectivity index (χ3n) is 6.01. The maximum Gasteiger partial charge on any atom is 0.389 e. The van der Waals surface area contributed by atoms with E-state index >= 15 is 0 Å².